The normalized spacial score (nSPS) is 15.9. The lowest BCUT2D eigenvalue weighted by molar-refractivity contribution is 0.0638. The van der Waals surface area contributed by atoms with Crippen molar-refractivity contribution in [3.8, 4) is 17.2 Å². The lowest BCUT2D eigenvalue weighted by Crippen LogP contribution is -2.39. The highest BCUT2D eigenvalue weighted by Crippen LogP contribution is 2.31. The van der Waals surface area contributed by atoms with Crippen LogP contribution in [-0.2, 0) is 6.54 Å². The summed E-state index contributed by atoms with van der Waals surface area (Å²) in [5.41, 5.74) is 1.81. The Balaban J connectivity index is 1.45. The molecule has 0 aliphatic carbocycles. The molecule has 2 aromatic carbocycles. The van der Waals surface area contributed by atoms with Crippen LogP contribution in [0.4, 0.5) is 0 Å². The third-order valence-electron chi connectivity index (χ3n) is 4.57. The molecule has 140 valence electrons. The number of nitrogens with zero attached hydrogens (tertiary/aromatic N) is 2. The molecule has 0 saturated heterocycles. The van der Waals surface area contributed by atoms with Gasteiger partial charge in [0.25, 0.3) is 0 Å². The number of pyridine rings is 1. The van der Waals surface area contributed by atoms with Crippen molar-refractivity contribution in [2.45, 2.75) is 12.6 Å². The highest BCUT2D eigenvalue weighted by Gasteiger charge is 2.22. The largest absolute Gasteiger partial charge is 0.497 e. The summed E-state index contributed by atoms with van der Waals surface area (Å²) >= 11 is 6.42. The smallest absolute Gasteiger partial charge is 0.161 e. The summed E-state index contributed by atoms with van der Waals surface area (Å²) in [4.78, 5) is 6.68. The lowest BCUT2D eigenvalue weighted by atomic mass is 10.1. The Hall–Kier alpha value is -2.50. The Morgan fingerprint density at radius 1 is 1.19 bits per heavy atom. The van der Waals surface area contributed by atoms with Crippen LogP contribution in [0.3, 0.4) is 0 Å². The molecular weight excluding hydrogens is 364 g/mol. The topological polar surface area (TPSA) is 43.8 Å². The first-order valence-electron chi connectivity index (χ1n) is 8.82. The summed E-state index contributed by atoms with van der Waals surface area (Å²) in [6.45, 7) is 1.94. The van der Waals surface area contributed by atoms with E-state index in [1.54, 1.807) is 7.11 Å². The molecule has 1 atom stereocenters. The quantitative estimate of drug-likeness (QED) is 0.618. The Morgan fingerprint density at radius 3 is 2.81 bits per heavy atom. The summed E-state index contributed by atoms with van der Waals surface area (Å²) in [7, 11) is 3.68. The summed E-state index contributed by atoms with van der Waals surface area (Å²) in [5.74, 6) is 2.36. The highest BCUT2D eigenvalue weighted by atomic mass is 35.5. The molecule has 3 aromatic rings. The number of likely N-dealkylation sites (N-methyl/N-ethyl adjacent to an activating group) is 1. The first kappa shape index (κ1) is 17.9. The van der Waals surface area contributed by atoms with E-state index in [0.717, 1.165) is 40.3 Å². The second-order valence-electron chi connectivity index (χ2n) is 6.69. The van der Waals surface area contributed by atoms with Crippen LogP contribution >= 0.6 is 11.6 Å². The molecule has 0 saturated carbocycles. The zero-order valence-electron chi connectivity index (χ0n) is 15.3. The molecule has 27 heavy (non-hydrogen) atoms. The molecule has 2 heterocycles. The van der Waals surface area contributed by atoms with Gasteiger partial charge in [-0.2, -0.15) is 0 Å². The van der Waals surface area contributed by atoms with Gasteiger partial charge >= 0.3 is 0 Å². The number of hydrogen-bond acceptors (Lipinski definition) is 5. The van der Waals surface area contributed by atoms with Crippen LogP contribution in [0.5, 0.6) is 17.2 Å². The molecule has 0 amide bonds. The van der Waals surface area contributed by atoms with Crippen LogP contribution in [0.25, 0.3) is 10.9 Å². The molecule has 0 fully saturated rings. The molecule has 4 rings (SSSR count). The average molecular weight is 385 g/mol. The Labute approximate surface area is 163 Å². The van der Waals surface area contributed by atoms with Gasteiger partial charge < -0.3 is 14.2 Å². The lowest BCUT2D eigenvalue weighted by Gasteiger charge is -2.29. The number of rotatable bonds is 5. The average Bonchev–Trinajstić information content (AvgIpc) is 2.68. The minimum Gasteiger partial charge on any atom is -0.497 e. The molecule has 0 N–H and O–H groups in total. The fourth-order valence-corrected chi connectivity index (χ4v) is 3.47. The van der Waals surface area contributed by atoms with Crippen LogP contribution < -0.4 is 14.2 Å². The number of benzene rings is 2. The van der Waals surface area contributed by atoms with Crippen molar-refractivity contribution >= 4 is 22.5 Å². The van der Waals surface area contributed by atoms with Crippen molar-refractivity contribution in [1.82, 2.24) is 9.88 Å². The van der Waals surface area contributed by atoms with Crippen molar-refractivity contribution in [2.75, 3.05) is 27.3 Å². The molecule has 0 unspecified atom stereocenters. The number of ether oxygens (including phenoxy) is 3. The SMILES string of the molecule is COc1ccc2cc(CN(C)C[C@@H]3COc4ccccc4O3)c(Cl)nc2c1. The van der Waals surface area contributed by atoms with E-state index in [-0.39, 0.29) is 6.10 Å². The number of aromatic nitrogens is 1. The summed E-state index contributed by atoms with van der Waals surface area (Å²) in [5, 5.41) is 1.54. The van der Waals surface area contributed by atoms with E-state index in [1.165, 1.54) is 0 Å². The van der Waals surface area contributed by atoms with Gasteiger partial charge in [0.2, 0.25) is 0 Å². The third kappa shape index (κ3) is 3.94. The maximum atomic E-state index is 6.42. The second-order valence-corrected chi connectivity index (χ2v) is 7.05. The third-order valence-corrected chi connectivity index (χ3v) is 4.90. The number of para-hydroxylation sites is 2. The molecule has 0 bridgehead atoms. The predicted molar refractivity (Wildman–Crippen MR) is 106 cm³/mol. The molecule has 1 aliphatic heterocycles. The van der Waals surface area contributed by atoms with Gasteiger partial charge in [0.05, 0.1) is 12.6 Å². The van der Waals surface area contributed by atoms with Gasteiger partial charge in [0, 0.05) is 30.1 Å². The van der Waals surface area contributed by atoms with Gasteiger partial charge in [-0.25, -0.2) is 4.98 Å². The molecule has 0 radical (unpaired) electrons. The number of methoxy groups -OCH3 is 1. The van der Waals surface area contributed by atoms with Crippen molar-refractivity contribution in [3.63, 3.8) is 0 Å². The minimum absolute atomic E-state index is 0.0265. The molecule has 1 aliphatic rings. The maximum absolute atomic E-state index is 6.42. The predicted octanol–water partition coefficient (Wildman–Crippen LogP) is 4.17. The van der Waals surface area contributed by atoms with Crippen molar-refractivity contribution in [2.24, 2.45) is 0 Å². The fourth-order valence-electron chi connectivity index (χ4n) is 3.26. The van der Waals surface area contributed by atoms with Crippen LogP contribution in [0.1, 0.15) is 5.56 Å². The van der Waals surface area contributed by atoms with Crippen molar-refractivity contribution < 1.29 is 14.2 Å². The fraction of sp³-hybridized carbons (Fsp3) is 0.286. The number of fused-ring (bicyclic) bond motifs is 2. The first-order valence-corrected chi connectivity index (χ1v) is 9.20. The first-order chi connectivity index (χ1) is 13.1. The second kappa shape index (κ2) is 7.62. The van der Waals surface area contributed by atoms with E-state index in [9.17, 15) is 0 Å². The van der Waals surface area contributed by atoms with Gasteiger partial charge in [-0.1, -0.05) is 23.7 Å². The monoisotopic (exact) mass is 384 g/mol. The molecule has 1 aromatic heterocycles. The van der Waals surface area contributed by atoms with E-state index in [4.69, 9.17) is 25.8 Å². The number of hydrogen-bond donors (Lipinski definition) is 0. The van der Waals surface area contributed by atoms with E-state index in [0.29, 0.717) is 18.3 Å². The number of halogens is 1. The van der Waals surface area contributed by atoms with Gasteiger partial charge in [0.1, 0.15) is 23.6 Å². The van der Waals surface area contributed by atoms with E-state index in [2.05, 4.69) is 16.0 Å². The highest BCUT2D eigenvalue weighted by molar-refractivity contribution is 6.30. The zero-order valence-corrected chi connectivity index (χ0v) is 16.1. The molecular formula is C21H21ClN2O3. The van der Waals surface area contributed by atoms with E-state index < -0.39 is 0 Å². The Bertz CT molecular complexity index is 963. The van der Waals surface area contributed by atoms with Crippen LogP contribution in [-0.4, -0.2) is 43.3 Å². The van der Waals surface area contributed by atoms with Gasteiger partial charge in [-0.15, -0.1) is 0 Å². The van der Waals surface area contributed by atoms with Crippen LogP contribution in [0, 0.1) is 0 Å². The van der Waals surface area contributed by atoms with E-state index >= 15 is 0 Å². The van der Waals surface area contributed by atoms with Gasteiger partial charge in [-0.3, -0.25) is 4.90 Å². The standard InChI is InChI=1S/C21H21ClN2O3/c1-24(12-17-13-26-19-5-3-4-6-20(19)27-17)11-15-9-14-7-8-16(25-2)10-18(14)23-21(15)22/h3-10,17H,11-13H2,1-2H3/t17-/m1/s1. The summed E-state index contributed by atoms with van der Waals surface area (Å²) in [6.07, 6.45) is -0.0265. The van der Waals surface area contributed by atoms with Gasteiger partial charge in [0.15, 0.2) is 11.5 Å². The van der Waals surface area contributed by atoms with Gasteiger partial charge in [-0.05, 0) is 37.4 Å². The summed E-state index contributed by atoms with van der Waals surface area (Å²) < 4.78 is 17.1. The molecule has 5 nitrogen and oxygen atoms in total. The molecule has 0 spiro atoms. The molecule has 6 heteroatoms. The minimum atomic E-state index is -0.0265. The van der Waals surface area contributed by atoms with Crippen molar-refractivity contribution in [1.29, 1.82) is 0 Å². The maximum Gasteiger partial charge on any atom is 0.161 e. The van der Waals surface area contributed by atoms with Crippen LogP contribution in [0.2, 0.25) is 5.15 Å². The van der Waals surface area contributed by atoms with Crippen LogP contribution in [0.15, 0.2) is 48.5 Å². The zero-order chi connectivity index (χ0) is 18.8. The Morgan fingerprint density at radius 2 is 2.00 bits per heavy atom. The summed E-state index contributed by atoms with van der Waals surface area (Å²) in [6, 6.07) is 15.6. The van der Waals surface area contributed by atoms with Crippen molar-refractivity contribution in [3.05, 3.63) is 59.2 Å². The van der Waals surface area contributed by atoms with E-state index in [1.807, 2.05) is 49.5 Å². The Kier molecular flexibility index (Phi) is 5.05.